The largest absolute Gasteiger partial charge is 0.347 e. The summed E-state index contributed by atoms with van der Waals surface area (Å²) in [7, 11) is 0. The van der Waals surface area contributed by atoms with Crippen LogP contribution in [0, 0.1) is 16.0 Å². The molecule has 1 N–H and O–H groups in total. The quantitative estimate of drug-likeness (QED) is 0.527. The van der Waals surface area contributed by atoms with Gasteiger partial charge in [-0.25, -0.2) is 0 Å². The molecule has 0 aliphatic rings. The highest BCUT2D eigenvalue weighted by Crippen LogP contribution is 2.22. The van der Waals surface area contributed by atoms with Crippen LogP contribution in [0.3, 0.4) is 0 Å². The van der Waals surface area contributed by atoms with Crippen LogP contribution in [-0.4, -0.2) is 15.4 Å². The maximum absolute atomic E-state index is 12.5. The molecular formula is C21H27N3O4. The number of nitro groups is 1. The first-order chi connectivity index (χ1) is 13.3. The third-order valence-corrected chi connectivity index (χ3v) is 4.63. The van der Waals surface area contributed by atoms with E-state index in [1.807, 2.05) is 26.0 Å². The highest BCUT2D eigenvalue weighted by Gasteiger charge is 2.19. The molecule has 0 spiro atoms. The van der Waals surface area contributed by atoms with Crippen molar-refractivity contribution in [1.29, 1.82) is 0 Å². The minimum absolute atomic E-state index is 0.146. The molecule has 0 fully saturated rings. The molecule has 0 saturated heterocycles. The van der Waals surface area contributed by atoms with Crippen LogP contribution in [-0.2, 0) is 17.8 Å². The summed E-state index contributed by atoms with van der Waals surface area (Å²) in [5.74, 6) is -0.219. The van der Waals surface area contributed by atoms with Crippen molar-refractivity contribution in [1.82, 2.24) is 9.88 Å². The SMILES string of the molecule is CCCCc1ccc(C(NC(=O)Cn2cc([N+](=O)[O-])ccc2=O)C(C)C)cc1. The molecule has 1 amide bonds. The van der Waals surface area contributed by atoms with Gasteiger partial charge in [0, 0.05) is 12.1 Å². The summed E-state index contributed by atoms with van der Waals surface area (Å²) in [5, 5.41) is 13.8. The van der Waals surface area contributed by atoms with Crippen molar-refractivity contribution in [2.75, 3.05) is 0 Å². The van der Waals surface area contributed by atoms with Gasteiger partial charge in [0.15, 0.2) is 0 Å². The first-order valence-electron chi connectivity index (χ1n) is 9.55. The zero-order chi connectivity index (χ0) is 20.7. The fourth-order valence-electron chi connectivity index (χ4n) is 3.03. The van der Waals surface area contributed by atoms with E-state index < -0.39 is 10.5 Å². The molecule has 1 aromatic heterocycles. The fraction of sp³-hybridized carbons (Fsp3) is 0.429. The minimum Gasteiger partial charge on any atom is -0.347 e. The number of amides is 1. The van der Waals surface area contributed by atoms with Crippen LogP contribution >= 0.6 is 0 Å². The second kappa shape index (κ2) is 9.82. The van der Waals surface area contributed by atoms with E-state index in [1.165, 1.54) is 5.56 Å². The van der Waals surface area contributed by atoms with Gasteiger partial charge in [-0.2, -0.15) is 0 Å². The summed E-state index contributed by atoms with van der Waals surface area (Å²) in [6.45, 7) is 5.91. The molecule has 1 aromatic carbocycles. The number of pyridine rings is 1. The average molecular weight is 385 g/mol. The van der Waals surface area contributed by atoms with Crippen molar-refractivity contribution < 1.29 is 9.72 Å². The van der Waals surface area contributed by atoms with Crippen molar-refractivity contribution in [3.63, 3.8) is 0 Å². The van der Waals surface area contributed by atoms with E-state index in [1.54, 1.807) is 0 Å². The number of nitrogens with zero attached hydrogens (tertiary/aromatic N) is 2. The second-order valence-corrected chi connectivity index (χ2v) is 7.24. The monoisotopic (exact) mass is 385 g/mol. The molecule has 2 aromatic rings. The minimum atomic E-state index is -0.592. The van der Waals surface area contributed by atoms with Crippen molar-refractivity contribution >= 4 is 11.6 Å². The fourth-order valence-corrected chi connectivity index (χ4v) is 3.03. The summed E-state index contributed by atoms with van der Waals surface area (Å²) in [5.41, 5.74) is 1.58. The standard InChI is InChI=1S/C21H27N3O4/c1-4-5-6-16-7-9-17(10-8-16)21(15(2)3)22-19(25)14-23-13-18(24(27)28)11-12-20(23)26/h7-13,15,21H,4-6,14H2,1-3H3,(H,22,25). The van der Waals surface area contributed by atoms with Crippen LogP contribution in [0.5, 0.6) is 0 Å². The number of nitrogens with one attached hydrogen (secondary N) is 1. The van der Waals surface area contributed by atoms with Gasteiger partial charge in [-0.05, 0) is 29.9 Å². The zero-order valence-corrected chi connectivity index (χ0v) is 16.6. The number of carbonyl (C=O) groups excluding carboxylic acids is 1. The van der Waals surface area contributed by atoms with Crippen LogP contribution in [0.15, 0.2) is 47.4 Å². The van der Waals surface area contributed by atoms with E-state index in [2.05, 4.69) is 24.4 Å². The third kappa shape index (κ3) is 5.77. The van der Waals surface area contributed by atoms with Gasteiger partial charge >= 0.3 is 0 Å². The number of unbranched alkanes of at least 4 members (excludes halogenated alkanes) is 1. The highest BCUT2D eigenvalue weighted by molar-refractivity contribution is 5.76. The second-order valence-electron chi connectivity index (χ2n) is 7.24. The molecule has 0 radical (unpaired) electrons. The van der Waals surface area contributed by atoms with Crippen molar-refractivity contribution in [3.05, 3.63) is 74.2 Å². The average Bonchev–Trinajstić information content (AvgIpc) is 2.66. The lowest BCUT2D eigenvalue weighted by atomic mass is 9.94. The number of aryl methyl sites for hydroxylation is 1. The van der Waals surface area contributed by atoms with Gasteiger partial charge in [0.05, 0.1) is 17.2 Å². The van der Waals surface area contributed by atoms with Crippen LogP contribution in [0.25, 0.3) is 0 Å². The van der Waals surface area contributed by atoms with Gasteiger partial charge < -0.3 is 5.32 Å². The highest BCUT2D eigenvalue weighted by atomic mass is 16.6. The summed E-state index contributed by atoms with van der Waals surface area (Å²) in [4.78, 5) is 34.7. The number of carbonyl (C=O) groups is 1. The molecule has 0 aliphatic heterocycles. The van der Waals surface area contributed by atoms with Crippen LogP contribution in [0.1, 0.15) is 50.8 Å². The van der Waals surface area contributed by atoms with Crippen molar-refractivity contribution in [3.8, 4) is 0 Å². The molecule has 0 saturated carbocycles. The molecule has 0 bridgehead atoms. The molecule has 150 valence electrons. The smallest absolute Gasteiger partial charge is 0.285 e. The van der Waals surface area contributed by atoms with E-state index in [4.69, 9.17) is 0 Å². The van der Waals surface area contributed by atoms with Gasteiger partial charge in [0.25, 0.3) is 11.2 Å². The third-order valence-electron chi connectivity index (χ3n) is 4.63. The number of aromatic nitrogens is 1. The molecule has 7 heteroatoms. The number of benzene rings is 1. The van der Waals surface area contributed by atoms with Gasteiger partial charge in [-0.3, -0.25) is 24.3 Å². The Hall–Kier alpha value is -2.96. The number of hydrogen-bond acceptors (Lipinski definition) is 4. The van der Waals surface area contributed by atoms with Crippen molar-refractivity contribution in [2.24, 2.45) is 5.92 Å². The summed E-state index contributed by atoms with van der Waals surface area (Å²) in [6, 6.07) is 10.2. The molecule has 1 atom stereocenters. The number of hydrogen-bond donors (Lipinski definition) is 1. The Morgan fingerprint density at radius 2 is 1.86 bits per heavy atom. The molecular weight excluding hydrogens is 358 g/mol. The predicted molar refractivity (Wildman–Crippen MR) is 108 cm³/mol. The summed E-state index contributed by atoms with van der Waals surface area (Å²) in [6.07, 6.45) is 4.41. The molecule has 0 aliphatic carbocycles. The van der Waals surface area contributed by atoms with Crippen LogP contribution in [0.2, 0.25) is 0 Å². The lowest BCUT2D eigenvalue weighted by Gasteiger charge is -2.23. The topological polar surface area (TPSA) is 94.2 Å². The lowest BCUT2D eigenvalue weighted by Crippen LogP contribution is -2.36. The molecule has 1 unspecified atom stereocenters. The van der Waals surface area contributed by atoms with Crippen molar-refractivity contribution in [2.45, 2.75) is 52.6 Å². The summed E-state index contributed by atoms with van der Waals surface area (Å²) < 4.78 is 1.05. The van der Waals surface area contributed by atoms with Gasteiger partial charge in [-0.15, -0.1) is 0 Å². The van der Waals surface area contributed by atoms with Gasteiger partial charge in [0.2, 0.25) is 5.91 Å². The predicted octanol–water partition coefficient (Wildman–Crippen LogP) is 3.61. The van der Waals surface area contributed by atoms with E-state index in [0.717, 1.165) is 47.7 Å². The molecule has 2 rings (SSSR count). The lowest BCUT2D eigenvalue weighted by molar-refractivity contribution is -0.385. The van der Waals surface area contributed by atoms with E-state index in [-0.39, 0.29) is 30.1 Å². The van der Waals surface area contributed by atoms with Gasteiger partial charge in [-0.1, -0.05) is 51.5 Å². The molecule has 7 nitrogen and oxygen atoms in total. The Kier molecular flexibility index (Phi) is 7.49. The van der Waals surface area contributed by atoms with E-state index in [0.29, 0.717) is 0 Å². The first kappa shape index (κ1) is 21.3. The van der Waals surface area contributed by atoms with E-state index in [9.17, 15) is 19.7 Å². The Labute approximate surface area is 164 Å². The Morgan fingerprint density at radius 3 is 2.43 bits per heavy atom. The Balaban J connectivity index is 2.12. The Morgan fingerprint density at radius 1 is 1.18 bits per heavy atom. The summed E-state index contributed by atoms with van der Waals surface area (Å²) >= 11 is 0. The zero-order valence-electron chi connectivity index (χ0n) is 16.6. The maximum atomic E-state index is 12.5. The van der Waals surface area contributed by atoms with E-state index >= 15 is 0 Å². The number of rotatable bonds is 9. The Bertz CT molecular complexity index is 872. The van der Waals surface area contributed by atoms with Gasteiger partial charge in [0.1, 0.15) is 6.54 Å². The maximum Gasteiger partial charge on any atom is 0.285 e. The molecule has 1 heterocycles. The van der Waals surface area contributed by atoms with Crippen LogP contribution < -0.4 is 10.9 Å². The van der Waals surface area contributed by atoms with Crippen LogP contribution in [0.4, 0.5) is 5.69 Å². The first-order valence-corrected chi connectivity index (χ1v) is 9.55. The normalized spacial score (nSPS) is 12.0. The molecule has 28 heavy (non-hydrogen) atoms.